The number of ketones is 1. The fourth-order valence-corrected chi connectivity index (χ4v) is 3.15. The van der Waals surface area contributed by atoms with Crippen LogP contribution in [0.4, 0.5) is 0 Å². The maximum Gasteiger partial charge on any atom is 0.159 e. The molecule has 0 saturated heterocycles. The van der Waals surface area contributed by atoms with Gasteiger partial charge in [0.2, 0.25) is 0 Å². The lowest BCUT2D eigenvalue weighted by Gasteiger charge is -2.26. The first-order valence-electron chi connectivity index (χ1n) is 6.57. The summed E-state index contributed by atoms with van der Waals surface area (Å²) in [6.45, 7) is 2.23. The largest absolute Gasteiger partial charge is 0.295 e. The normalized spacial score (nSPS) is 30.2. The monoisotopic (exact) mass is 206 g/mol. The first-order chi connectivity index (χ1) is 7.33. The van der Waals surface area contributed by atoms with Crippen LogP contribution in [0.3, 0.4) is 0 Å². The summed E-state index contributed by atoms with van der Waals surface area (Å²) in [5, 5.41) is 0. The van der Waals surface area contributed by atoms with Gasteiger partial charge in [-0.2, -0.15) is 0 Å². The van der Waals surface area contributed by atoms with Crippen molar-refractivity contribution in [1.29, 1.82) is 0 Å². The molecule has 0 spiro atoms. The molecule has 0 bridgehead atoms. The molecule has 1 fully saturated rings. The minimum absolute atomic E-state index is 0.385. The van der Waals surface area contributed by atoms with Gasteiger partial charge in [0, 0.05) is 5.92 Å². The van der Waals surface area contributed by atoms with Gasteiger partial charge in [0.25, 0.3) is 0 Å². The zero-order valence-corrected chi connectivity index (χ0v) is 9.80. The van der Waals surface area contributed by atoms with Crippen molar-refractivity contribution >= 4 is 5.78 Å². The highest BCUT2D eigenvalue weighted by Crippen LogP contribution is 2.42. The van der Waals surface area contributed by atoms with E-state index in [0.717, 1.165) is 6.42 Å². The molecule has 1 saturated carbocycles. The van der Waals surface area contributed by atoms with E-state index in [4.69, 9.17) is 0 Å². The molecule has 0 N–H and O–H groups in total. The van der Waals surface area contributed by atoms with Gasteiger partial charge in [-0.05, 0) is 37.7 Å². The molecule has 0 aromatic carbocycles. The number of hydrogen-bond acceptors (Lipinski definition) is 1. The maximum absolute atomic E-state index is 11.8. The van der Waals surface area contributed by atoms with Crippen LogP contribution in [-0.2, 0) is 4.79 Å². The summed E-state index contributed by atoms with van der Waals surface area (Å²) in [6, 6.07) is 0. The van der Waals surface area contributed by atoms with Crippen molar-refractivity contribution in [3.8, 4) is 0 Å². The molecule has 1 nitrogen and oxygen atoms in total. The highest BCUT2D eigenvalue weighted by molar-refractivity contribution is 5.95. The minimum Gasteiger partial charge on any atom is -0.295 e. The highest BCUT2D eigenvalue weighted by Gasteiger charge is 2.36. The quantitative estimate of drug-likeness (QED) is 0.638. The van der Waals surface area contributed by atoms with Crippen LogP contribution in [0.1, 0.15) is 58.3 Å². The van der Waals surface area contributed by atoms with Gasteiger partial charge in [0.1, 0.15) is 0 Å². The molecule has 0 aliphatic heterocycles. The zero-order chi connectivity index (χ0) is 10.7. The Hall–Kier alpha value is -0.590. The molecule has 2 aliphatic carbocycles. The second-order valence-corrected chi connectivity index (χ2v) is 5.08. The number of allylic oxidation sites excluding steroid dienone is 2. The average Bonchev–Trinajstić information content (AvgIpc) is 2.58. The van der Waals surface area contributed by atoms with Crippen molar-refractivity contribution < 1.29 is 4.79 Å². The van der Waals surface area contributed by atoms with Crippen LogP contribution in [0.2, 0.25) is 0 Å². The van der Waals surface area contributed by atoms with Gasteiger partial charge in [0.15, 0.2) is 5.78 Å². The molecule has 0 aromatic heterocycles. The summed E-state index contributed by atoms with van der Waals surface area (Å²) in [7, 11) is 0. The first kappa shape index (κ1) is 10.9. The summed E-state index contributed by atoms with van der Waals surface area (Å²) in [6.07, 6.45) is 12.0. The van der Waals surface area contributed by atoms with E-state index in [1.54, 1.807) is 0 Å². The third-order valence-corrected chi connectivity index (χ3v) is 4.00. The molecule has 2 unspecified atom stereocenters. The standard InChI is InChI=1S/C14H22O/c1-2-3-4-7-11-10-14(15)13-9-6-5-8-12(11)13/h10,12-13H,2-9H2,1H3. The molecule has 1 heteroatoms. The molecule has 2 rings (SSSR count). The maximum atomic E-state index is 11.8. The van der Waals surface area contributed by atoms with E-state index in [9.17, 15) is 4.79 Å². The number of carbonyl (C=O) groups excluding carboxylic acids is 1. The van der Waals surface area contributed by atoms with Crippen molar-refractivity contribution in [2.75, 3.05) is 0 Å². The SMILES string of the molecule is CCCCCC1=CC(=O)C2CCCCC12. The molecule has 0 radical (unpaired) electrons. The van der Waals surface area contributed by atoms with Crippen LogP contribution in [-0.4, -0.2) is 5.78 Å². The van der Waals surface area contributed by atoms with Crippen molar-refractivity contribution in [2.45, 2.75) is 58.3 Å². The van der Waals surface area contributed by atoms with Crippen molar-refractivity contribution in [3.63, 3.8) is 0 Å². The van der Waals surface area contributed by atoms with Gasteiger partial charge < -0.3 is 0 Å². The number of carbonyl (C=O) groups is 1. The summed E-state index contributed by atoms with van der Waals surface area (Å²) >= 11 is 0. The van der Waals surface area contributed by atoms with Gasteiger partial charge in [0.05, 0.1) is 0 Å². The van der Waals surface area contributed by atoms with E-state index < -0.39 is 0 Å². The van der Waals surface area contributed by atoms with Gasteiger partial charge in [-0.1, -0.05) is 38.2 Å². The predicted molar refractivity (Wildman–Crippen MR) is 62.7 cm³/mol. The van der Waals surface area contributed by atoms with Crippen molar-refractivity contribution in [3.05, 3.63) is 11.6 Å². The van der Waals surface area contributed by atoms with E-state index in [0.29, 0.717) is 17.6 Å². The molecule has 0 aromatic rings. The summed E-state index contributed by atoms with van der Waals surface area (Å²) < 4.78 is 0. The number of hydrogen-bond donors (Lipinski definition) is 0. The summed E-state index contributed by atoms with van der Waals surface area (Å²) in [5.74, 6) is 1.46. The first-order valence-corrected chi connectivity index (χ1v) is 6.57. The van der Waals surface area contributed by atoms with Crippen molar-refractivity contribution in [2.24, 2.45) is 11.8 Å². The molecule has 0 heterocycles. The van der Waals surface area contributed by atoms with Crippen LogP contribution in [0.5, 0.6) is 0 Å². The number of unbranched alkanes of at least 4 members (excludes halogenated alkanes) is 2. The third kappa shape index (κ3) is 2.32. The summed E-state index contributed by atoms with van der Waals surface area (Å²) in [5.41, 5.74) is 1.48. The van der Waals surface area contributed by atoms with E-state index >= 15 is 0 Å². The van der Waals surface area contributed by atoms with E-state index in [1.807, 2.05) is 6.08 Å². The topological polar surface area (TPSA) is 17.1 Å². The Balaban J connectivity index is 1.93. The number of fused-ring (bicyclic) bond motifs is 1. The Labute approximate surface area is 92.9 Å². The van der Waals surface area contributed by atoms with Crippen molar-refractivity contribution in [1.82, 2.24) is 0 Å². The highest BCUT2D eigenvalue weighted by atomic mass is 16.1. The Morgan fingerprint density at radius 1 is 1.20 bits per heavy atom. The molecule has 2 atom stereocenters. The lowest BCUT2D eigenvalue weighted by atomic mass is 9.77. The smallest absolute Gasteiger partial charge is 0.159 e. The second kappa shape index (κ2) is 4.96. The van der Waals surface area contributed by atoms with Gasteiger partial charge in [-0.25, -0.2) is 0 Å². The number of rotatable bonds is 4. The van der Waals surface area contributed by atoms with Crippen LogP contribution in [0.25, 0.3) is 0 Å². The lowest BCUT2D eigenvalue weighted by molar-refractivity contribution is -0.119. The molecule has 2 aliphatic rings. The molecular weight excluding hydrogens is 184 g/mol. The van der Waals surface area contributed by atoms with Crippen LogP contribution < -0.4 is 0 Å². The van der Waals surface area contributed by atoms with Gasteiger partial charge >= 0.3 is 0 Å². The fourth-order valence-electron chi connectivity index (χ4n) is 3.15. The van der Waals surface area contributed by atoms with Gasteiger partial charge in [-0.3, -0.25) is 4.79 Å². The Morgan fingerprint density at radius 2 is 1.93 bits per heavy atom. The van der Waals surface area contributed by atoms with Gasteiger partial charge in [-0.15, -0.1) is 0 Å². The zero-order valence-electron chi connectivity index (χ0n) is 9.80. The minimum atomic E-state index is 0.385. The van der Waals surface area contributed by atoms with E-state index in [-0.39, 0.29) is 0 Å². The molecular formula is C14H22O. The third-order valence-electron chi connectivity index (χ3n) is 4.00. The average molecular weight is 206 g/mol. The lowest BCUT2D eigenvalue weighted by Crippen LogP contribution is -2.21. The van der Waals surface area contributed by atoms with E-state index in [2.05, 4.69) is 6.92 Å². The predicted octanol–water partition coefficient (Wildman–Crippen LogP) is 3.88. The second-order valence-electron chi connectivity index (χ2n) is 5.08. The summed E-state index contributed by atoms with van der Waals surface area (Å²) in [4.78, 5) is 11.8. The van der Waals surface area contributed by atoms with E-state index in [1.165, 1.54) is 50.5 Å². The Morgan fingerprint density at radius 3 is 2.67 bits per heavy atom. The van der Waals surface area contributed by atoms with Crippen LogP contribution in [0.15, 0.2) is 11.6 Å². The Kier molecular flexibility index (Phi) is 3.61. The molecule has 84 valence electrons. The molecule has 0 amide bonds. The fraction of sp³-hybridized carbons (Fsp3) is 0.786. The van der Waals surface area contributed by atoms with Crippen LogP contribution >= 0.6 is 0 Å². The Bertz CT molecular complexity index is 265. The van der Waals surface area contributed by atoms with Crippen LogP contribution in [0, 0.1) is 11.8 Å². The molecule has 15 heavy (non-hydrogen) atoms.